The number of rotatable bonds is 5. The van der Waals surface area contributed by atoms with E-state index in [9.17, 15) is 14.4 Å². The summed E-state index contributed by atoms with van der Waals surface area (Å²) in [4.78, 5) is 34.5. The molecule has 0 aliphatic rings. The van der Waals surface area contributed by atoms with Gasteiger partial charge >= 0.3 is 11.9 Å². The Balaban J connectivity index is 2.72. The zero-order chi connectivity index (χ0) is 13.5. The van der Waals surface area contributed by atoms with Gasteiger partial charge in [0.15, 0.2) is 3.92 Å². The molecule has 0 saturated carbocycles. The van der Waals surface area contributed by atoms with Crippen LogP contribution in [-0.4, -0.2) is 46.4 Å². The zero-order valence-corrected chi connectivity index (χ0v) is 11.9. The topological polar surface area (TPSA) is 89.5 Å². The number of nitrogens with zero attached hydrogens (tertiary/aromatic N) is 3. The molecule has 0 aromatic carbocycles. The van der Waals surface area contributed by atoms with Gasteiger partial charge in [0.25, 0.3) is 0 Å². The Bertz CT molecular complexity index is 451. The van der Waals surface area contributed by atoms with Gasteiger partial charge in [0.1, 0.15) is 11.3 Å². The van der Waals surface area contributed by atoms with E-state index in [2.05, 4.69) is 30.9 Å². The Hall–Kier alpha value is -1.35. The number of aldehydes is 1. The van der Waals surface area contributed by atoms with Crippen molar-refractivity contribution in [3.05, 3.63) is 8.92 Å². The van der Waals surface area contributed by atoms with E-state index in [-0.39, 0.29) is 19.7 Å². The van der Waals surface area contributed by atoms with Gasteiger partial charge in [-0.15, -0.1) is 10.2 Å². The Kier molecular flexibility index (Phi) is 5.86. The van der Waals surface area contributed by atoms with E-state index in [0.29, 0.717) is 15.2 Å². The first kappa shape index (κ1) is 14.7. The van der Waals surface area contributed by atoms with Gasteiger partial charge in [-0.3, -0.25) is 4.79 Å². The van der Waals surface area contributed by atoms with Gasteiger partial charge in [-0.25, -0.2) is 4.79 Å². The van der Waals surface area contributed by atoms with Crippen LogP contribution in [0.2, 0.25) is 0 Å². The molecule has 7 nitrogen and oxygen atoms in total. The largest absolute Gasteiger partial charge is 0.459 e. The highest BCUT2D eigenvalue weighted by Gasteiger charge is 2.24. The molecule has 1 rings (SSSR count). The maximum atomic E-state index is 11.7. The molecule has 18 heavy (non-hydrogen) atoms. The van der Waals surface area contributed by atoms with Crippen LogP contribution in [0.15, 0.2) is 3.92 Å². The second-order valence-corrected chi connectivity index (χ2v) is 5.36. The lowest BCUT2D eigenvalue weighted by Crippen LogP contribution is -2.38. The normalized spacial score (nSPS) is 9.89. The van der Waals surface area contributed by atoms with Crippen LogP contribution in [0.1, 0.15) is 11.9 Å². The van der Waals surface area contributed by atoms with Gasteiger partial charge in [-0.2, -0.15) is 0 Å². The Morgan fingerprint density at radius 3 is 2.72 bits per heavy atom. The highest BCUT2D eigenvalue weighted by molar-refractivity contribution is 9.11. The summed E-state index contributed by atoms with van der Waals surface area (Å²) in [6.07, 6.45) is 0.535. The van der Waals surface area contributed by atoms with Gasteiger partial charge in [-0.1, -0.05) is 11.3 Å². The molecule has 0 saturated heterocycles. The molecule has 1 amide bonds. The van der Waals surface area contributed by atoms with Crippen LogP contribution in [0.3, 0.4) is 0 Å². The van der Waals surface area contributed by atoms with Crippen molar-refractivity contribution in [1.29, 1.82) is 0 Å². The number of esters is 1. The molecule has 0 aliphatic heterocycles. The Morgan fingerprint density at radius 2 is 2.22 bits per heavy atom. The van der Waals surface area contributed by atoms with Crippen molar-refractivity contribution in [1.82, 2.24) is 15.1 Å². The third-order valence-electron chi connectivity index (χ3n) is 1.80. The molecule has 0 bridgehead atoms. The molecule has 0 atom stereocenters. The average Bonchev–Trinajstić information content (AvgIpc) is 2.73. The van der Waals surface area contributed by atoms with E-state index in [1.807, 2.05) is 0 Å². The van der Waals surface area contributed by atoms with Crippen molar-refractivity contribution in [3.8, 4) is 0 Å². The van der Waals surface area contributed by atoms with Crippen LogP contribution >= 0.6 is 27.3 Å². The quantitative estimate of drug-likeness (QED) is 0.439. The number of hydrogen-bond donors (Lipinski definition) is 0. The molecule has 0 fully saturated rings. The lowest BCUT2D eigenvalue weighted by molar-refractivity contribution is -0.160. The van der Waals surface area contributed by atoms with Crippen molar-refractivity contribution in [3.63, 3.8) is 0 Å². The van der Waals surface area contributed by atoms with Gasteiger partial charge in [0.05, 0.1) is 19.7 Å². The summed E-state index contributed by atoms with van der Waals surface area (Å²) in [6, 6.07) is 0. The van der Waals surface area contributed by atoms with Gasteiger partial charge < -0.3 is 14.4 Å². The van der Waals surface area contributed by atoms with Crippen molar-refractivity contribution < 1.29 is 19.1 Å². The fourth-order valence-electron chi connectivity index (χ4n) is 1.09. The first-order valence-corrected chi connectivity index (χ1v) is 6.57. The molecule has 1 aromatic rings. The van der Waals surface area contributed by atoms with Crippen molar-refractivity contribution >= 4 is 45.4 Å². The fraction of sp³-hybridized carbons (Fsp3) is 0.444. The highest BCUT2D eigenvalue weighted by Crippen LogP contribution is 2.17. The lowest BCUT2D eigenvalue weighted by atomic mass is 10.4. The number of halogens is 1. The SMILES string of the molecule is CCOC(=O)C(=O)N(CC=O)Cc1nnc(Br)s1. The van der Waals surface area contributed by atoms with Crippen molar-refractivity contribution in [2.75, 3.05) is 13.2 Å². The van der Waals surface area contributed by atoms with Crippen LogP contribution in [-0.2, 0) is 25.7 Å². The lowest BCUT2D eigenvalue weighted by Gasteiger charge is -2.16. The molecule has 1 heterocycles. The van der Waals surface area contributed by atoms with E-state index in [1.165, 1.54) is 11.3 Å². The van der Waals surface area contributed by atoms with E-state index >= 15 is 0 Å². The van der Waals surface area contributed by atoms with E-state index in [0.717, 1.165) is 4.90 Å². The summed E-state index contributed by atoms with van der Waals surface area (Å²) in [5, 5.41) is 8.01. The molecule has 9 heteroatoms. The van der Waals surface area contributed by atoms with E-state index < -0.39 is 11.9 Å². The molecular formula is C9H10BrN3O4S. The van der Waals surface area contributed by atoms with Gasteiger partial charge in [-0.05, 0) is 22.9 Å². The maximum absolute atomic E-state index is 11.7. The number of hydrogen-bond acceptors (Lipinski definition) is 7. The monoisotopic (exact) mass is 335 g/mol. The molecule has 0 N–H and O–H groups in total. The standard InChI is InChI=1S/C9H10BrN3O4S/c1-2-17-8(16)7(15)13(3-4-14)5-6-11-12-9(10)18-6/h4H,2-3,5H2,1H3. The predicted octanol–water partition coefficient (Wildman–Crippen LogP) is 0.391. The molecule has 1 aromatic heterocycles. The Labute approximate surface area is 115 Å². The van der Waals surface area contributed by atoms with E-state index in [4.69, 9.17) is 0 Å². The average molecular weight is 336 g/mol. The molecule has 0 unspecified atom stereocenters. The van der Waals surface area contributed by atoms with Crippen molar-refractivity contribution in [2.24, 2.45) is 0 Å². The second kappa shape index (κ2) is 7.17. The van der Waals surface area contributed by atoms with Gasteiger partial charge in [0, 0.05) is 0 Å². The fourth-order valence-corrected chi connectivity index (χ4v) is 2.31. The second-order valence-electron chi connectivity index (χ2n) is 3.02. The summed E-state index contributed by atoms with van der Waals surface area (Å²) >= 11 is 4.35. The molecule has 98 valence electrons. The Morgan fingerprint density at radius 1 is 1.50 bits per heavy atom. The summed E-state index contributed by atoms with van der Waals surface area (Å²) in [7, 11) is 0. The van der Waals surface area contributed by atoms with Crippen LogP contribution < -0.4 is 0 Å². The summed E-state index contributed by atoms with van der Waals surface area (Å²) in [5.41, 5.74) is 0. The number of carbonyl (C=O) groups excluding carboxylic acids is 3. The van der Waals surface area contributed by atoms with Crippen molar-refractivity contribution in [2.45, 2.75) is 13.5 Å². The number of amides is 1. The molecular weight excluding hydrogens is 326 g/mol. The minimum absolute atomic E-state index is 0.0413. The first-order chi connectivity index (χ1) is 8.58. The third kappa shape index (κ3) is 4.15. The van der Waals surface area contributed by atoms with Crippen LogP contribution in [0.5, 0.6) is 0 Å². The van der Waals surface area contributed by atoms with Crippen LogP contribution in [0.25, 0.3) is 0 Å². The maximum Gasteiger partial charge on any atom is 0.397 e. The number of carbonyl (C=O) groups is 3. The third-order valence-corrected chi connectivity index (χ3v) is 3.14. The summed E-state index contributed by atoms with van der Waals surface area (Å²) in [5.74, 6) is -1.85. The summed E-state index contributed by atoms with van der Waals surface area (Å²) < 4.78 is 5.15. The summed E-state index contributed by atoms with van der Waals surface area (Å²) in [6.45, 7) is 1.54. The van der Waals surface area contributed by atoms with E-state index in [1.54, 1.807) is 6.92 Å². The van der Waals surface area contributed by atoms with Crippen LogP contribution in [0.4, 0.5) is 0 Å². The van der Waals surface area contributed by atoms with Crippen LogP contribution in [0, 0.1) is 0 Å². The minimum atomic E-state index is -0.983. The number of aromatic nitrogens is 2. The molecule has 0 radical (unpaired) electrons. The zero-order valence-electron chi connectivity index (χ0n) is 9.46. The molecule has 0 aliphatic carbocycles. The number of ether oxygens (including phenoxy) is 1. The van der Waals surface area contributed by atoms with Gasteiger partial charge in [0.2, 0.25) is 0 Å². The first-order valence-electron chi connectivity index (χ1n) is 4.96. The molecule has 0 spiro atoms. The predicted molar refractivity (Wildman–Crippen MR) is 65.7 cm³/mol. The smallest absolute Gasteiger partial charge is 0.397 e. The highest BCUT2D eigenvalue weighted by atomic mass is 79.9. The minimum Gasteiger partial charge on any atom is -0.459 e.